The summed E-state index contributed by atoms with van der Waals surface area (Å²) in [5.74, 6) is 0.396. The SMILES string of the molecule is CCOC(=O)[C@@H](OCC)[C@@H](Nc1ccc(OC)cc1)c1ccccc1. The molecule has 5 nitrogen and oxygen atoms in total. The van der Waals surface area contributed by atoms with Crippen molar-refractivity contribution in [3.63, 3.8) is 0 Å². The highest BCUT2D eigenvalue weighted by molar-refractivity contribution is 5.77. The fourth-order valence-electron chi connectivity index (χ4n) is 2.57. The first kappa shape index (κ1) is 18.8. The van der Waals surface area contributed by atoms with Gasteiger partial charge in [0, 0.05) is 12.3 Å². The van der Waals surface area contributed by atoms with Crippen LogP contribution in [0.1, 0.15) is 25.5 Å². The second kappa shape index (κ2) is 9.69. The van der Waals surface area contributed by atoms with Crippen LogP contribution in [0.3, 0.4) is 0 Å². The third-order valence-corrected chi connectivity index (χ3v) is 3.74. The number of benzene rings is 2. The highest BCUT2D eigenvalue weighted by Gasteiger charge is 2.31. The van der Waals surface area contributed by atoms with Gasteiger partial charge >= 0.3 is 5.97 Å². The summed E-state index contributed by atoms with van der Waals surface area (Å²) in [5.41, 5.74) is 1.81. The largest absolute Gasteiger partial charge is 0.497 e. The third kappa shape index (κ3) is 5.22. The first-order valence-electron chi connectivity index (χ1n) is 8.43. The Kier molecular flexibility index (Phi) is 7.29. The van der Waals surface area contributed by atoms with Crippen LogP contribution in [-0.2, 0) is 14.3 Å². The van der Waals surface area contributed by atoms with Gasteiger partial charge in [-0.25, -0.2) is 4.79 Å². The Balaban J connectivity index is 2.32. The lowest BCUT2D eigenvalue weighted by molar-refractivity contribution is -0.157. The van der Waals surface area contributed by atoms with Crippen molar-refractivity contribution in [1.82, 2.24) is 0 Å². The Bertz CT molecular complexity index is 643. The van der Waals surface area contributed by atoms with E-state index in [0.29, 0.717) is 13.2 Å². The quantitative estimate of drug-likeness (QED) is 0.702. The minimum absolute atomic E-state index is 0.312. The van der Waals surface area contributed by atoms with Gasteiger partial charge in [0.15, 0.2) is 6.10 Å². The molecule has 0 unspecified atom stereocenters. The molecule has 2 rings (SSSR count). The molecule has 0 spiro atoms. The van der Waals surface area contributed by atoms with E-state index in [1.54, 1.807) is 14.0 Å². The van der Waals surface area contributed by atoms with Crippen molar-refractivity contribution in [2.75, 3.05) is 25.6 Å². The van der Waals surface area contributed by atoms with Gasteiger partial charge in [-0.3, -0.25) is 0 Å². The van der Waals surface area contributed by atoms with Crippen LogP contribution in [0.25, 0.3) is 0 Å². The third-order valence-electron chi connectivity index (χ3n) is 3.74. The van der Waals surface area contributed by atoms with E-state index in [1.807, 2.05) is 61.5 Å². The molecular weight excluding hydrogens is 318 g/mol. The lowest BCUT2D eigenvalue weighted by Gasteiger charge is -2.27. The minimum Gasteiger partial charge on any atom is -0.497 e. The summed E-state index contributed by atoms with van der Waals surface area (Å²) >= 11 is 0. The normalized spacial score (nSPS) is 12.9. The summed E-state index contributed by atoms with van der Waals surface area (Å²) < 4.78 is 16.1. The Morgan fingerprint density at radius 3 is 2.24 bits per heavy atom. The van der Waals surface area contributed by atoms with E-state index in [0.717, 1.165) is 17.0 Å². The van der Waals surface area contributed by atoms with E-state index in [1.165, 1.54) is 0 Å². The second-order valence-corrected chi connectivity index (χ2v) is 5.39. The van der Waals surface area contributed by atoms with Crippen molar-refractivity contribution in [1.29, 1.82) is 0 Å². The molecule has 2 aromatic rings. The maximum Gasteiger partial charge on any atom is 0.337 e. The summed E-state index contributed by atoms with van der Waals surface area (Å²) in [5, 5.41) is 3.39. The topological polar surface area (TPSA) is 56.8 Å². The number of esters is 1. The molecule has 0 amide bonds. The Hall–Kier alpha value is -2.53. The second-order valence-electron chi connectivity index (χ2n) is 5.39. The molecule has 0 fully saturated rings. The molecule has 25 heavy (non-hydrogen) atoms. The monoisotopic (exact) mass is 343 g/mol. The molecule has 1 N–H and O–H groups in total. The van der Waals surface area contributed by atoms with Crippen LogP contribution in [0, 0.1) is 0 Å². The van der Waals surface area contributed by atoms with Crippen molar-refractivity contribution < 1.29 is 19.0 Å². The number of carbonyl (C=O) groups is 1. The van der Waals surface area contributed by atoms with Gasteiger partial charge in [0.1, 0.15) is 5.75 Å². The smallest absolute Gasteiger partial charge is 0.337 e. The van der Waals surface area contributed by atoms with Crippen LogP contribution in [0.4, 0.5) is 5.69 Å². The van der Waals surface area contributed by atoms with Crippen LogP contribution >= 0.6 is 0 Å². The maximum atomic E-state index is 12.4. The van der Waals surface area contributed by atoms with Crippen LogP contribution < -0.4 is 10.1 Å². The summed E-state index contributed by atoms with van der Waals surface area (Å²) in [4.78, 5) is 12.4. The minimum atomic E-state index is -0.741. The predicted molar refractivity (Wildman–Crippen MR) is 97.8 cm³/mol. The molecule has 0 aliphatic heterocycles. The number of anilines is 1. The van der Waals surface area contributed by atoms with Gasteiger partial charge in [0.25, 0.3) is 0 Å². The van der Waals surface area contributed by atoms with Crippen molar-refractivity contribution >= 4 is 11.7 Å². The van der Waals surface area contributed by atoms with Crippen LogP contribution in [0.2, 0.25) is 0 Å². The summed E-state index contributed by atoms with van der Waals surface area (Å²) in [6, 6.07) is 16.9. The molecule has 0 radical (unpaired) electrons. The Labute approximate surface area is 148 Å². The van der Waals surface area contributed by atoms with E-state index in [4.69, 9.17) is 14.2 Å². The molecule has 0 saturated heterocycles. The predicted octanol–water partition coefficient (Wildman–Crippen LogP) is 3.82. The fourth-order valence-corrected chi connectivity index (χ4v) is 2.57. The van der Waals surface area contributed by atoms with Crippen molar-refractivity contribution in [2.45, 2.75) is 26.0 Å². The number of methoxy groups -OCH3 is 1. The molecular formula is C20H25NO4. The zero-order valence-corrected chi connectivity index (χ0v) is 14.9. The Morgan fingerprint density at radius 1 is 1.00 bits per heavy atom. The lowest BCUT2D eigenvalue weighted by atomic mass is 10.0. The van der Waals surface area contributed by atoms with Gasteiger partial charge in [0.05, 0.1) is 19.8 Å². The van der Waals surface area contributed by atoms with Gasteiger partial charge in [-0.1, -0.05) is 30.3 Å². The summed E-state index contributed by atoms with van der Waals surface area (Å²) in [6.45, 7) is 4.38. The summed E-state index contributed by atoms with van der Waals surface area (Å²) in [7, 11) is 1.63. The molecule has 0 heterocycles. The molecule has 0 bridgehead atoms. The molecule has 0 aliphatic rings. The number of nitrogens with one attached hydrogen (secondary N) is 1. The molecule has 0 saturated carbocycles. The van der Waals surface area contributed by atoms with Gasteiger partial charge in [-0.15, -0.1) is 0 Å². The van der Waals surface area contributed by atoms with E-state index in [9.17, 15) is 4.79 Å². The van der Waals surface area contributed by atoms with E-state index in [2.05, 4.69) is 5.32 Å². The fraction of sp³-hybridized carbons (Fsp3) is 0.350. The van der Waals surface area contributed by atoms with Gasteiger partial charge in [-0.2, -0.15) is 0 Å². The van der Waals surface area contributed by atoms with E-state index >= 15 is 0 Å². The first-order chi connectivity index (χ1) is 12.2. The lowest BCUT2D eigenvalue weighted by Crippen LogP contribution is -2.37. The highest BCUT2D eigenvalue weighted by Crippen LogP contribution is 2.27. The zero-order valence-electron chi connectivity index (χ0n) is 14.9. The Morgan fingerprint density at radius 2 is 1.68 bits per heavy atom. The first-order valence-corrected chi connectivity index (χ1v) is 8.43. The van der Waals surface area contributed by atoms with Crippen molar-refractivity contribution in [3.8, 4) is 5.75 Å². The molecule has 134 valence electrons. The molecule has 0 aliphatic carbocycles. The van der Waals surface area contributed by atoms with Crippen molar-refractivity contribution in [3.05, 3.63) is 60.2 Å². The average molecular weight is 343 g/mol. The zero-order chi connectivity index (χ0) is 18.1. The average Bonchev–Trinajstić information content (AvgIpc) is 2.66. The van der Waals surface area contributed by atoms with Crippen LogP contribution in [0.5, 0.6) is 5.75 Å². The number of rotatable bonds is 9. The summed E-state index contributed by atoms with van der Waals surface area (Å²) in [6.07, 6.45) is -0.741. The molecule has 0 aromatic heterocycles. The van der Waals surface area contributed by atoms with Gasteiger partial charge in [-0.05, 0) is 43.7 Å². The number of hydrogen-bond donors (Lipinski definition) is 1. The van der Waals surface area contributed by atoms with Crippen LogP contribution in [0.15, 0.2) is 54.6 Å². The van der Waals surface area contributed by atoms with Crippen LogP contribution in [-0.4, -0.2) is 32.4 Å². The van der Waals surface area contributed by atoms with Crippen molar-refractivity contribution in [2.24, 2.45) is 0 Å². The number of ether oxygens (including phenoxy) is 3. The molecule has 2 atom stereocenters. The molecule has 2 aromatic carbocycles. The number of hydrogen-bond acceptors (Lipinski definition) is 5. The highest BCUT2D eigenvalue weighted by atomic mass is 16.6. The van der Waals surface area contributed by atoms with Gasteiger partial charge < -0.3 is 19.5 Å². The number of carbonyl (C=O) groups excluding carboxylic acids is 1. The molecule has 5 heteroatoms. The maximum absolute atomic E-state index is 12.4. The van der Waals surface area contributed by atoms with E-state index < -0.39 is 6.10 Å². The van der Waals surface area contributed by atoms with Gasteiger partial charge in [0.2, 0.25) is 0 Å². The van der Waals surface area contributed by atoms with E-state index in [-0.39, 0.29) is 12.0 Å². The standard InChI is InChI=1S/C20H25NO4/c1-4-24-19(20(22)25-5-2)18(15-9-7-6-8-10-15)21-16-11-13-17(23-3)14-12-16/h6-14,18-19,21H,4-5H2,1-3H3/t18-,19-/m0/s1.